The zero-order valence-electron chi connectivity index (χ0n) is 21.2. The average Bonchev–Trinajstić information content (AvgIpc) is 2.73. The molecule has 0 fully saturated rings. The Balaban J connectivity index is 3.26. The maximum Gasteiger partial charge on any atom is 0.514 e. The molecule has 0 amide bonds. The van der Waals surface area contributed by atoms with E-state index in [4.69, 9.17) is 34.2 Å². The molecule has 0 radical (unpaired) electrons. The predicted molar refractivity (Wildman–Crippen MR) is 124 cm³/mol. The Kier molecular flexibility index (Phi) is 11.5. The molecule has 0 heterocycles. The molecule has 1 aromatic rings. The van der Waals surface area contributed by atoms with Crippen LogP contribution in [0.25, 0.3) is 0 Å². The maximum atomic E-state index is 12.5. The van der Waals surface area contributed by atoms with Crippen LogP contribution in [-0.2, 0) is 35.0 Å². The standard InChI is InChI=1S/C24H35NO10/c1-8-20(26)33-16(6)12-24(25,21(27)30-7)13-17-9-10-18(34-22(28)31-14(2)3)19(11-17)35-23(29)32-15(4)5/h9-11,14-16H,8,12-13,25H2,1-7H3/t16-,24?/m0/s1. The van der Waals surface area contributed by atoms with E-state index in [2.05, 4.69) is 0 Å². The molecule has 1 aromatic carbocycles. The fourth-order valence-corrected chi connectivity index (χ4v) is 3.10. The van der Waals surface area contributed by atoms with Gasteiger partial charge in [-0.3, -0.25) is 9.59 Å². The Bertz CT molecular complexity index is 898. The summed E-state index contributed by atoms with van der Waals surface area (Å²) in [5.41, 5.74) is 5.26. The lowest BCUT2D eigenvalue weighted by atomic mass is 9.86. The second-order valence-corrected chi connectivity index (χ2v) is 8.50. The van der Waals surface area contributed by atoms with Gasteiger partial charge in [0.25, 0.3) is 0 Å². The van der Waals surface area contributed by atoms with Crippen LogP contribution >= 0.6 is 0 Å². The molecule has 0 bridgehead atoms. The van der Waals surface area contributed by atoms with E-state index in [9.17, 15) is 19.2 Å². The minimum absolute atomic E-state index is 0.0318. The number of esters is 2. The third kappa shape index (κ3) is 10.2. The van der Waals surface area contributed by atoms with Crippen molar-refractivity contribution in [3.63, 3.8) is 0 Å². The summed E-state index contributed by atoms with van der Waals surface area (Å²) in [5.74, 6) is -1.41. The minimum Gasteiger partial charge on any atom is -0.468 e. The molecule has 35 heavy (non-hydrogen) atoms. The van der Waals surface area contributed by atoms with Crippen molar-refractivity contribution in [3.05, 3.63) is 23.8 Å². The molecule has 0 spiro atoms. The van der Waals surface area contributed by atoms with Gasteiger partial charge in [-0.25, -0.2) is 9.59 Å². The number of benzene rings is 1. The van der Waals surface area contributed by atoms with Crippen molar-refractivity contribution in [1.82, 2.24) is 0 Å². The normalized spacial score (nSPS) is 13.4. The Labute approximate surface area is 205 Å². The Morgan fingerprint density at radius 1 is 0.886 bits per heavy atom. The lowest BCUT2D eigenvalue weighted by Gasteiger charge is -2.29. The van der Waals surface area contributed by atoms with Gasteiger partial charge in [0.2, 0.25) is 0 Å². The van der Waals surface area contributed by atoms with E-state index in [-0.39, 0.29) is 30.8 Å². The summed E-state index contributed by atoms with van der Waals surface area (Å²) in [5, 5.41) is 0. The summed E-state index contributed by atoms with van der Waals surface area (Å²) in [7, 11) is 1.19. The van der Waals surface area contributed by atoms with E-state index in [0.29, 0.717) is 5.56 Å². The van der Waals surface area contributed by atoms with Gasteiger partial charge >= 0.3 is 24.2 Å². The van der Waals surface area contributed by atoms with Crippen molar-refractivity contribution in [2.75, 3.05) is 7.11 Å². The van der Waals surface area contributed by atoms with Crippen molar-refractivity contribution in [2.24, 2.45) is 5.73 Å². The molecule has 1 unspecified atom stereocenters. The van der Waals surface area contributed by atoms with Crippen LogP contribution in [0.3, 0.4) is 0 Å². The van der Waals surface area contributed by atoms with Crippen LogP contribution in [0.15, 0.2) is 18.2 Å². The highest BCUT2D eigenvalue weighted by Gasteiger charge is 2.38. The Morgan fingerprint density at radius 2 is 1.43 bits per heavy atom. The second kappa shape index (κ2) is 13.5. The second-order valence-electron chi connectivity index (χ2n) is 8.50. The number of methoxy groups -OCH3 is 1. The van der Waals surface area contributed by atoms with E-state index in [1.54, 1.807) is 41.5 Å². The largest absolute Gasteiger partial charge is 0.514 e. The zero-order valence-corrected chi connectivity index (χ0v) is 21.2. The van der Waals surface area contributed by atoms with Crippen molar-refractivity contribution >= 4 is 24.2 Å². The van der Waals surface area contributed by atoms with Gasteiger partial charge in [0.15, 0.2) is 11.5 Å². The molecule has 0 saturated carbocycles. The number of carbonyl (C=O) groups excluding carboxylic acids is 4. The minimum atomic E-state index is -1.57. The van der Waals surface area contributed by atoms with E-state index in [1.165, 1.54) is 25.3 Å². The van der Waals surface area contributed by atoms with E-state index in [1.807, 2.05) is 0 Å². The summed E-state index contributed by atoms with van der Waals surface area (Å²) < 4.78 is 30.5. The van der Waals surface area contributed by atoms with Gasteiger partial charge in [-0.2, -0.15) is 0 Å². The molecule has 0 aliphatic heterocycles. The number of hydrogen-bond acceptors (Lipinski definition) is 11. The highest BCUT2D eigenvalue weighted by atomic mass is 16.7. The lowest BCUT2D eigenvalue weighted by Crippen LogP contribution is -2.53. The van der Waals surface area contributed by atoms with E-state index >= 15 is 0 Å². The molecule has 11 heteroatoms. The maximum absolute atomic E-state index is 12.5. The first-order valence-corrected chi connectivity index (χ1v) is 11.3. The van der Waals surface area contributed by atoms with Crippen LogP contribution in [0.2, 0.25) is 0 Å². The number of ether oxygens (including phenoxy) is 6. The number of rotatable bonds is 11. The monoisotopic (exact) mass is 497 g/mol. The third-order valence-electron chi connectivity index (χ3n) is 4.44. The van der Waals surface area contributed by atoms with Gasteiger partial charge in [-0.15, -0.1) is 0 Å². The van der Waals surface area contributed by atoms with Crippen LogP contribution in [0.5, 0.6) is 11.5 Å². The number of carbonyl (C=O) groups is 4. The smallest absolute Gasteiger partial charge is 0.468 e. The first-order valence-electron chi connectivity index (χ1n) is 11.3. The van der Waals surface area contributed by atoms with Crippen LogP contribution < -0.4 is 15.2 Å². The van der Waals surface area contributed by atoms with Gasteiger partial charge in [-0.05, 0) is 52.3 Å². The number of nitrogens with two attached hydrogens (primary N) is 1. The van der Waals surface area contributed by atoms with E-state index in [0.717, 1.165) is 0 Å². The van der Waals surface area contributed by atoms with Gasteiger partial charge in [0.1, 0.15) is 11.6 Å². The van der Waals surface area contributed by atoms with Crippen LogP contribution in [0, 0.1) is 0 Å². The van der Waals surface area contributed by atoms with Crippen molar-refractivity contribution in [2.45, 2.75) is 84.7 Å². The van der Waals surface area contributed by atoms with Crippen molar-refractivity contribution in [3.8, 4) is 11.5 Å². The van der Waals surface area contributed by atoms with Crippen LogP contribution in [0.4, 0.5) is 9.59 Å². The molecule has 0 saturated heterocycles. The highest BCUT2D eigenvalue weighted by Crippen LogP contribution is 2.32. The highest BCUT2D eigenvalue weighted by molar-refractivity contribution is 5.81. The molecule has 0 aromatic heterocycles. The average molecular weight is 498 g/mol. The molecule has 0 aliphatic rings. The first kappa shape index (κ1) is 29.7. The molecule has 196 valence electrons. The summed E-state index contributed by atoms with van der Waals surface area (Å²) in [6.07, 6.45) is -3.50. The predicted octanol–water partition coefficient (Wildman–Crippen LogP) is 3.68. The Hall–Kier alpha value is -3.34. The molecular formula is C24H35NO10. The van der Waals surface area contributed by atoms with Crippen LogP contribution in [-0.4, -0.2) is 55.2 Å². The SMILES string of the molecule is CCC(=O)O[C@@H](C)CC(N)(Cc1ccc(OC(=O)OC(C)C)c(OC(=O)OC(C)C)c1)C(=O)OC. The lowest BCUT2D eigenvalue weighted by molar-refractivity contribution is -0.154. The molecule has 11 nitrogen and oxygen atoms in total. The molecule has 2 atom stereocenters. The first-order chi connectivity index (χ1) is 16.3. The summed E-state index contributed by atoms with van der Waals surface area (Å²) in [6.45, 7) is 9.84. The number of hydrogen-bond donors (Lipinski definition) is 1. The summed E-state index contributed by atoms with van der Waals surface area (Å²) >= 11 is 0. The van der Waals surface area contributed by atoms with Crippen LogP contribution in [0.1, 0.15) is 59.9 Å². The van der Waals surface area contributed by atoms with Crippen molar-refractivity contribution in [1.29, 1.82) is 0 Å². The van der Waals surface area contributed by atoms with Crippen molar-refractivity contribution < 1.29 is 47.6 Å². The van der Waals surface area contributed by atoms with Gasteiger partial charge in [0, 0.05) is 19.3 Å². The fraction of sp³-hybridized carbons (Fsp3) is 0.583. The molecule has 0 aliphatic carbocycles. The zero-order chi connectivity index (χ0) is 26.8. The molecular weight excluding hydrogens is 462 g/mol. The Morgan fingerprint density at radius 3 is 1.91 bits per heavy atom. The molecule has 1 rings (SSSR count). The topological polar surface area (TPSA) is 150 Å². The fourth-order valence-electron chi connectivity index (χ4n) is 3.10. The third-order valence-corrected chi connectivity index (χ3v) is 4.44. The van der Waals surface area contributed by atoms with E-state index < -0.39 is 48.1 Å². The summed E-state index contributed by atoms with van der Waals surface area (Å²) in [4.78, 5) is 48.3. The van der Waals surface area contributed by atoms with Gasteiger partial charge in [-0.1, -0.05) is 13.0 Å². The quantitative estimate of drug-likeness (QED) is 0.271. The summed E-state index contributed by atoms with van der Waals surface area (Å²) in [6, 6.07) is 4.28. The van der Waals surface area contributed by atoms with Gasteiger partial charge < -0.3 is 34.2 Å². The molecule has 2 N–H and O–H groups in total. The van der Waals surface area contributed by atoms with Gasteiger partial charge in [0.05, 0.1) is 19.3 Å².